The number of ketones is 1. The van der Waals surface area contributed by atoms with E-state index in [-0.39, 0.29) is 5.78 Å². The molecule has 0 aliphatic rings. The second kappa shape index (κ2) is 7.94. The summed E-state index contributed by atoms with van der Waals surface area (Å²) >= 11 is 3.44. The number of ether oxygens (including phenoxy) is 1. The lowest BCUT2D eigenvalue weighted by Crippen LogP contribution is -2.00. The first-order chi connectivity index (χ1) is 10.6. The van der Waals surface area contributed by atoms with Crippen LogP contribution in [0.15, 0.2) is 41.0 Å². The van der Waals surface area contributed by atoms with Crippen LogP contribution in [-0.2, 0) is 6.54 Å². The zero-order chi connectivity index (χ0) is 15.9. The van der Waals surface area contributed by atoms with Crippen molar-refractivity contribution in [3.05, 3.63) is 52.3 Å². The van der Waals surface area contributed by atoms with Gasteiger partial charge in [0.05, 0.1) is 6.61 Å². The van der Waals surface area contributed by atoms with Crippen molar-refractivity contribution in [2.24, 2.45) is 0 Å². The van der Waals surface area contributed by atoms with Crippen LogP contribution in [0.25, 0.3) is 6.08 Å². The predicted molar refractivity (Wildman–Crippen MR) is 91.2 cm³/mol. The second-order valence-electron chi connectivity index (χ2n) is 4.78. The molecule has 2 aromatic rings. The van der Waals surface area contributed by atoms with Gasteiger partial charge in [0.2, 0.25) is 5.78 Å². The molecule has 5 heteroatoms. The van der Waals surface area contributed by atoms with Gasteiger partial charge in [-0.25, -0.2) is 0 Å². The Kier molecular flexibility index (Phi) is 5.95. The van der Waals surface area contributed by atoms with E-state index < -0.39 is 0 Å². The molecular formula is C17H19BrN2O2. The van der Waals surface area contributed by atoms with Crippen LogP contribution in [0.5, 0.6) is 5.75 Å². The lowest BCUT2D eigenvalue weighted by molar-refractivity contribution is 0.104. The molecule has 0 fully saturated rings. The van der Waals surface area contributed by atoms with Gasteiger partial charge in [-0.2, -0.15) is 5.10 Å². The maximum absolute atomic E-state index is 12.1. The van der Waals surface area contributed by atoms with Crippen molar-refractivity contribution < 1.29 is 9.53 Å². The highest BCUT2D eigenvalue weighted by Gasteiger charge is 2.07. The smallest absolute Gasteiger partial charge is 0.206 e. The van der Waals surface area contributed by atoms with Crippen molar-refractivity contribution in [1.29, 1.82) is 0 Å². The summed E-state index contributed by atoms with van der Waals surface area (Å²) in [5.41, 5.74) is 1.32. The summed E-state index contributed by atoms with van der Waals surface area (Å²) in [6, 6.07) is 7.48. The first kappa shape index (κ1) is 16.5. The van der Waals surface area contributed by atoms with Crippen molar-refractivity contribution in [3.8, 4) is 5.75 Å². The summed E-state index contributed by atoms with van der Waals surface area (Å²) < 4.78 is 8.37. The minimum atomic E-state index is -0.117. The van der Waals surface area contributed by atoms with Crippen LogP contribution in [0.3, 0.4) is 0 Å². The number of benzene rings is 1. The molecule has 0 atom stereocenters. The van der Waals surface area contributed by atoms with Crippen molar-refractivity contribution in [3.63, 3.8) is 0 Å². The van der Waals surface area contributed by atoms with Gasteiger partial charge in [-0.05, 0) is 49.8 Å². The highest BCUT2D eigenvalue weighted by atomic mass is 79.9. The van der Waals surface area contributed by atoms with Crippen molar-refractivity contribution >= 4 is 27.8 Å². The summed E-state index contributed by atoms with van der Waals surface area (Å²) in [4.78, 5) is 12.1. The number of hydrogen-bond acceptors (Lipinski definition) is 3. The van der Waals surface area contributed by atoms with E-state index in [1.165, 1.54) is 6.08 Å². The minimum absolute atomic E-state index is 0.117. The van der Waals surface area contributed by atoms with Crippen LogP contribution in [0, 0.1) is 0 Å². The fourth-order valence-corrected chi connectivity index (χ4v) is 2.29. The van der Waals surface area contributed by atoms with E-state index in [1.807, 2.05) is 25.1 Å². The highest BCUT2D eigenvalue weighted by Crippen LogP contribution is 2.25. The van der Waals surface area contributed by atoms with Gasteiger partial charge in [0.15, 0.2) is 0 Å². The number of carbonyl (C=O) groups excluding carboxylic acids is 1. The standard InChI is InChI=1S/C17H19BrN2O2/c1-3-11-22-17-8-6-14(18)12-13(17)5-7-16(21)15-9-10-20(4-2)19-15/h5-10,12H,3-4,11H2,1-2H3/b7-5+. The number of allylic oxidation sites excluding steroid dienone is 1. The molecule has 0 aliphatic carbocycles. The molecular weight excluding hydrogens is 344 g/mol. The van der Waals surface area contributed by atoms with Gasteiger partial charge in [0, 0.05) is 22.8 Å². The Hall–Kier alpha value is -1.88. The van der Waals surface area contributed by atoms with E-state index in [9.17, 15) is 4.79 Å². The molecule has 2 rings (SSSR count). The van der Waals surface area contributed by atoms with Gasteiger partial charge in [0.1, 0.15) is 11.4 Å². The molecule has 1 aromatic heterocycles. The molecule has 0 bridgehead atoms. The van der Waals surface area contributed by atoms with E-state index >= 15 is 0 Å². The Morgan fingerprint density at radius 1 is 1.36 bits per heavy atom. The first-order valence-corrected chi connectivity index (χ1v) is 8.11. The van der Waals surface area contributed by atoms with Crippen molar-refractivity contribution in [1.82, 2.24) is 9.78 Å². The summed E-state index contributed by atoms with van der Waals surface area (Å²) in [5, 5.41) is 4.21. The zero-order valence-corrected chi connectivity index (χ0v) is 14.3. The minimum Gasteiger partial charge on any atom is -0.493 e. The fraction of sp³-hybridized carbons (Fsp3) is 0.294. The van der Waals surface area contributed by atoms with E-state index in [1.54, 1.807) is 23.0 Å². The molecule has 22 heavy (non-hydrogen) atoms. The Balaban J connectivity index is 2.17. The third-order valence-electron chi connectivity index (χ3n) is 3.06. The van der Waals surface area contributed by atoms with Crippen LogP contribution in [0.1, 0.15) is 36.3 Å². The van der Waals surface area contributed by atoms with Crippen LogP contribution in [-0.4, -0.2) is 22.2 Å². The normalized spacial score (nSPS) is 11.0. The predicted octanol–water partition coefficient (Wildman–Crippen LogP) is 4.35. The number of halogens is 1. The number of carbonyl (C=O) groups is 1. The van der Waals surface area contributed by atoms with Crippen LogP contribution in [0.2, 0.25) is 0 Å². The van der Waals surface area contributed by atoms with Crippen LogP contribution in [0.4, 0.5) is 0 Å². The Bertz CT molecular complexity index is 677. The topological polar surface area (TPSA) is 44.1 Å². The maximum atomic E-state index is 12.1. The Morgan fingerprint density at radius 2 is 2.18 bits per heavy atom. The zero-order valence-electron chi connectivity index (χ0n) is 12.8. The molecule has 1 heterocycles. The lowest BCUT2D eigenvalue weighted by atomic mass is 10.1. The summed E-state index contributed by atoms with van der Waals surface area (Å²) in [7, 11) is 0. The summed E-state index contributed by atoms with van der Waals surface area (Å²) in [6.45, 7) is 5.44. The average Bonchev–Trinajstić information content (AvgIpc) is 3.00. The quantitative estimate of drug-likeness (QED) is 0.543. The van der Waals surface area contributed by atoms with Crippen LogP contribution < -0.4 is 4.74 Å². The largest absolute Gasteiger partial charge is 0.493 e. The summed E-state index contributed by atoms with van der Waals surface area (Å²) in [6.07, 6.45) is 6.04. The molecule has 4 nitrogen and oxygen atoms in total. The van der Waals surface area contributed by atoms with Gasteiger partial charge in [-0.3, -0.25) is 9.48 Å². The Morgan fingerprint density at radius 3 is 2.86 bits per heavy atom. The number of hydrogen-bond donors (Lipinski definition) is 0. The third kappa shape index (κ3) is 4.31. The van der Waals surface area contributed by atoms with E-state index in [0.29, 0.717) is 12.3 Å². The second-order valence-corrected chi connectivity index (χ2v) is 5.70. The van der Waals surface area contributed by atoms with Gasteiger partial charge in [0.25, 0.3) is 0 Å². The lowest BCUT2D eigenvalue weighted by Gasteiger charge is -2.08. The number of aromatic nitrogens is 2. The third-order valence-corrected chi connectivity index (χ3v) is 3.56. The average molecular weight is 363 g/mol. The van der Waals surface area contributed by atoms with Gasteiger partial charge in [-0.15, -0.1) is 0 Å². The maximum Gasteiger partial charge on any atom is 0.206 e. The molecule has 0 spiro atoms. The SMILES string of the molecule is CCCOc1ccc(Br)cc1/C=C/C(=O)c1ccn(CC)n1. The molecule has 0 unspecified atom stereocenters. The molecule has 0 aliphatic heterocycles. The number of rotatable bonds is 7. The number of aryl methyl sites for hydroxylation is 1. The highest BCUT2D eigenvalue weighted by molar-refractivity contribution is 9.10. The molecule has 0 radical (unpaired) electrons. The Labute approximate surface area is 138 Å². The molecule has 0 amide bonds. The molecule has 0 saturated heterocycles. The molecule has 1 aromatic carbocycles. The fourth-order valence-electron chi connectivity index (χ4n) is 1.91. The van der Waals surface area contributed by atoms with Gasteiger partial charge in [-0.1, -0.05) is 22.9 Å². The van der Waals surface area contributed by atoms with Crippen molar-refractivity contribution in [2.75, 3.05) is 6.61 Å². The van der Waals surface area contributed by atoms with E-state index in [4.69, 9.17) is 4.74 Å². The molecule has 116 valence electrons. The molecule has 0 saturated carbocycles. The van der Waals surface area contributed by atoms with E-state index in [2.05, 4.69) is 28.0 Å². The van der Waals surface area contributed by atoms with Gasteiger partial charge < -0.3 is 4.74 Å². The molecule has 0 N–H and O–H groups in total. The monoisotopic (exact) mass is 362 g/mol. The van der Waals surface area contributed by atoms with E-state index in [0.717, 1.165) is 28.8 Å². The van der Waals surface area contributed by atoms with Gasteiger partial charge >= 0.3 is 0 Å². The summed E-state index contributed by atoms with van der Waals surface area (Å²) in [5.74, 6) is 0.654. The van der Waals surface area contributed by atoms with Crippen molar-refractivity contribution in [2.45, 2.75) is 26.8 Å². The van der Waals surface area contributed by atoms with Crippen LogP contribution >= 0.6 is 15.9 Å². The number of nitrogens with zero attached hydrogens (tertiary/aromatic N) is 2. The first-order valence-electron chi connectivity index (χ1n) is 7.32.